The summed E-state index contributed by atoms with van der Waals surface area (Å²) in [5.41, 5.74) is 1.59. The molecule has 0 spiro atoms. The fourth-order valence-electron chi connectivity index (χ4n) is 7.16. The molecule has 0 heterocycles. The molecule has 25 heavy (non-hydrogen) atoms. The van der Waals surface area contributed by atoms with E-state index in [1.165, 1.54) is 18.4 Å². The van der Waals surface area contributed by atoms with E-state index in [1.54, 1.807) is 0 Å². The molecule has 4 rings (SSSR count). The zero-order valence-corrected chi connectivity index (χ0v) is 15.9. The van der Waals surface area contributed by atoms with Crippen LogP contribution in [0.1, 0.15) is 72.1 Å². The number of rotatable bonds is 2. The minimum absolute atomic E-state index is 0.0405. The van der Waals surface area contributed by atoms with E-state index in [2.05, 4.69) is 13.8 Å². The van der Waals surface area contributed by atoms with Crippen LogP contribution in [0, 0.1) is 35.0 Å². The highest BCUT2D eigenvalue weighted by molar-refractivity contribution is 5.91. The highest BCUT2D eigenvalue weighted by atomic mass is 16.5. The third kappa shape index (κ3) is 2.69. The lowest BCUT2D eigenvalue weighted by Gasteiger charge is -2.56. The molecule has 3 heteroatoms. The van der Waals surface area contributed by atoms with Crippen LogP contribution in [0.5, 0.6) is 0 Å². The molecule has 0 bridgehead atoms. The number of carbonyl (C=O) groups excluding carboxylic acids is 2. The summed E-state index contributed by atoms with van der Waals surface area (Å²) in [6.07, 6.45) is 10.1. The number of fused-ring (bicyclic) bond motifs is 5. The molecule has 0 amide bonds. The average Bonchev–Trinajstić information content (AvgIpc) is 2.90. The highest BCUT2D eigenvalue weighted by Crippen LogP contribution is 2.63. The molecular formula is C22H32O3. The van der Waals surface area contributed by atoms with Gasteiger partial charge in [-0.15, -0.1) is 0 Å². The second-order valence-corrected chi connectivity index (χ2v) is 9.31. The number of ketones is 1. The Morgan fingerprint density at radius 2 is 2.04 bits per heavy atom. The summed E-state index contributed by atoms with van der Waals surface area (Å²) in [6.45, 7) is 6.69. The molecule has 0 aromatic heterocycles. The van der Waals surface area contributed by atoms with Crippen molar-refractivity contribution in [3.05, 3.63) is 11.6 Å². The van der Waals surface area contributed by atoms with Crippen LogP contribution in [0.25, 0.3) is 0 Å². The Hall–Kier alpha value is -1.12. The molecule has 0 aromatic rings. The maximum Gasteiger partial charge on any atom is 0.305 e. The maximum absolute atomic E-state index is 11.9. The topological polar surface area (TPSA) is 43.4 Å². The summed E-state index contributed by atoms with van der Waals surface area (Å²) in [6, 6.07) is 0. The predicted molar refractivity (Wildman–Crippen MR) is 96.8 cm³/mol. The van der Waals surface area contributed by atoms with Gasteiger partial charge in [-0.2, -0.15) is 0 Å². The van der Waals surface area contributed by atoms with Crippen molar-refractivity contribution < 1.29 is 14.3 Å². The van der Waals surface area contributed by atoms with E-state index in [-0.39, 0.29) is 17.5 Å². The van der Waals surface area contributed by atoms with E-state index in [1.807, 2.05) is 13.0 Å². The molecular weight excluding hydrogens is 312 g/mol. The summed E-state index contributed by atoms with van der Waals surface area (Å²) in [7, 11) is 0. The molecule has 3 fully saturated rings. The number of allylic oxidation sites excluding steroid dienone is 1. The summed E-state index contributed by atoms with van der Waals surface area (Å²) >= 11 is 0. The Kier molecular flexibility index (Phi) is 4.32. The van der Waals surface area contributed by atoms with E-state index in [0.717, 1.165) is 43.9 Å². The van der Waals surface area contributed by atoms with E-state index in [9.17, 15) is 9.59 Å². The number of carbonyl (C=O) groups is 2. The third-order valence-corrected chi connectivity index (χ3v) is 8.07. The first-order chi connectivity index (χ1) is 11.9. The van der Waals surface area contributed by atoms with E-state index >= 15 is 0 Å². The second kappa shape index (κ2) is 6.25. The highest BCUT2D eigenvalue weighted by Gasteiger charge is 2.59. The van der Waals surface area contributed by atoms with E-state index in [4.69, 9.17) is 4.74 Å². The monoisotopic (exact) mass is 344 g/mol. The van der Waals surface area contributed by atoms with Crippen LogP contribution in [0.4, 0.5) is 0 Å². The van der Waals surface area contributed by atoms with E-state index < -0.39 is 0 Å². The quantitative estimate of drug-likeness (QED) is 0.682. The zero-order valence-electron chi connectivity index (χ0n) is 15.9. The molecule has 0 radical (unpaired) electrons. The normalized spacial score (nSPS) is 45.9. The fraction of sp³-hybridized carbons (Fsp3) is 0.818. The van der Waals surface area contributed by atoms with Crippen molar-refractivity contribution in [1.82, 2.24) is 0 Å². The van der Waals surface area contributed by atoms with E-state index in [0.29, 0.717) is 30.0 Å². The number of esters is 1. The van der Waals surface area contributed by atoms with Crippen molar-refractivity contribution in [1.29, 1.82) is 0 Å². The molecule has 0 aromatic carbocycles. The van der Waals surface area contributed by atoms with Crippen LogP contribution in [-0.4, -0.2) is 17.9 Å². The maximum atomic E-state index is 11.9. The minimum atomic E-state index is -0.0405. The van der Waals surface area contributed by atoms with Gasteiger partial charge in [-0.1, -0.05) is 26.3 Å². The van der Waals surface area contributed by atoms with Crippen LogP contribution < -0.4 is 0 Å². The zero-order chi connectivity index (χ0) is 17.8. The Balaban J connectivity index is 1.60. The summed E-state index contributed by atoms with van der Waals surface area (Å²) in [5.74, 6) is 3.73. The average molecular weight is 344 g/mol. The molecule has 4 aliphatic carbocycles. The van der Waals surface area contributed by atoms with Gasteiger partial charge in [0.25, 0.3) is 0 Å². The molecule has 0 saturated heterocycles. The van der Waals surface area contributed by atoms with Crippen LogP contribution in [0.15, 0.2) is 11.6 Å². The van der Waals surface area contributed by atoms with Gasteiger partial charge in [0.2, 0.25) is 0 Å². The Morgan fingerprint density at radius 3 is 2.80 bits per heavy atom. The minimum Gasteiger partial charge on any atom is -0.462 e. The van der Waals surface area contributed by atoms with Crippen LogP contribution in [-0.2, 0) is 14.3 Å². The molecule has 0 aliphatic heterocycles. The smallest absolute Gasteiger partial charge is 0.305 e. The van der Waals surface area contributed by atoms with Gasteiger partial charge < -0.3 is 4.74 Å². The second-order valence-electron chi connectivity index (χ2n) is 9.31. The Morgan fingerprint density at radius 1 is 1.24 bits per heavy atom. The largest absolute Gasteiger partial charge is 0.462 e. The molecule has 4 aliphatic rings. The lowest BCUT2D eigenvalue weighted by atomic mass is 9.49. The molecule has 7 unspecified atom stereocenters. The van der Waals surface area contributed by atoms with Gasteiger partial charge in [0.15, 0.2) is 5.78 Å². The van der Waals surface area contributed by atoms with Crippen molar-refractivity contribution in [2.45, 2.75) is 78.2 Å². The molecule has 3 saturated carbocycles. The van der Waals surface area contributed by atoms with Gasteiger partial charge in [0.1, 0.15) is 6.10 Å². The van der Waals surface area contributed by atoms with Crippen molar-refractivity contribution in [3.8, 4) is 0 Å². The first kappa shape index (κ1) is 17.3. The predicted octanol–water partition coefficient (Wildman–Crippen LogP) is 4.70. The van der Waals surface area contributed by atoms with Gasteiger partial charge in [-0.25, -0.2) is 0 Å². The summed E-state index contributed by atoms with van der Waals surface area (Å²) in [5, 5.41) is 0. The lowest BCUT2D eigenvalue weighted by molar-refractivity contribution is -0.160. The summed E-state index contributed by atoms with van der Waals surface area (Å²) < 4.78 is 5.89. The fourth-order valence-corrected chi connectivity index (χ4v) is 7.16. The van der Waals surface area contributed by atoms with Crippen LogP contribution in [0.3, 0.4) is 0 Å². The van der Waals surface area contributed by atoms with Gasteiger partial charge in [-0.05, 0) is 74.2 Å². The SMILES string of the molecule is CCC(=O)OC1CCC2C3CCC4=CC(=O)CCC4C3C(C)CC12C. The van der Waals surface area contributed by atoms with Crippen LogP contribution >= 0.6 is 0 Å². The van der Waals surface area contributed by atoms with Crippen molar-refractivity contribution in [2.24, 2.45) is 35.0 Å². The van der Waals surface area contributed by atoms with Crippen molar-refractivity contribution in [3.63, 3.8) is 0 Å². The third-order valence-electron chi connectivity index (χ3n) is 8.07. The van der Waals surface area contributed by atoms with Gasteiger partial charge in [0, 0.05) is 18.3 Å². The Labute approximate surface area is 151 Å². The molecule has 138 valence electrons. The number of hydrogen-bond donors (Lipinski definition) is 0. The number of hydrogen-bond acceptors (Lipinski definition) is 3. The first-order valence-corrected chi connectivity index (χ1v) is 10.4. The van der Waals surface area contributed by atoms with Gasteiger partial charge in [-0.3, -0.25) is 9.59 Å². The standard InChI is InChI=1S/C22H32O3/c1-4-20(24)25-19-10-9-18-17-7-5-14-11-15(23)6-8-16(14)21(17)13(2)12-22(18,19)3/h11,13,16-19,21H,4-10,12H2,1-3H3. The molecule has 7 atom stereocenters. The summed E-state index contributed by atoms with van der Waals surface area (Å²) in [4.78, 5) is 23.7. The molecule has 0 N–H and O–H groups in total. The van der Waals surface area contributed by atoms with Crippen LogP contribution in [0.2, 0.25) is 0 Å². The van der Waals surface area contributed by atoms with Gasteiger partial charge in [0.05, 0.1) is 0 Å². The number of ether oxygens (including phenoxy) is 1. The van der Waals surface area contributed by atoms with Crippen molar-refractivity contribution in [2.75, 3.05) is 0 Å². The van der Waals surface area contributed by atoms with Crippen molar-refractivity contribution >= 4 is 11.8 Å². The Bertz CT molecular complexity index is 606. The van der Waals surface area contributed by atoms with Gasteiger partial charge >= 0.3 is 5.97 Å². The first-order valence-electron chi connectivity index (χ1n) is 10.4. The lowest BCUT2D eigenvalue weighted by Crippen LogP contribution is -2.51. The molecule has 3 nitrogen and oxygen atoms in total.